The molecule has 130 valence electrons. The highest BCUT2D eigenvalue weighted by molar-refractivity contribution is 7.99. The second-order valence-electron chi connectivity index (χ2n) is 5.89. The molecule has 1 N–H and O–H groups in total. The Morgan fingerprint density at radius 2 is 2.17 bits per heavy atom. The second kappa shape index (κ2) is 10.2. The molecule has 1 aromatic rings. The molecule has 0 aromatic heterocycles. The molecule has 1 aliphatic carbocycles. The van der Waals surface area contributed by atoms with Crippen LogP contribution < -0.4 is 5.32 Å². The van der Waals surface area contributed by atoms with E-state index in [2.05, 4.69) is 11.4 Å². The zero-order chi connectivity index (χ0) is 17.2. The maximum atomic E-state index is 11.9. The Kier molecular flexibility index (Phi) is 7.89. The van der Waals surface area contributed by atoms with Crippen molar-refractivity contribution in [3.05, 3.63) is 47.0 Å². The molecule has 2 rings (SSSR count). The van der Waals surface area contributed by atoms with E-state index < -0.39 is 0 Å². The number of nitrogens with one attached hydrogen (secondary N) is 1. The van der Waals surface area contributed by atoms with Gasteiger partial charge in [0.1, 0.15) is 0 Å². The summed E-state index contributed by atoms with van der Waals surface area (Å²) in [6, 6.07) is 7.33. The van der Waals surface area contributed by atoms with Gasteiger partial charge < -0.3 is 10.1 Å². The van der Waals surface area contributed by atoms with Crippen molar-refractivity contribution in [1.82, 2.24) is 5.32 Å². The van der Waals surface area contributed by atoms with Gasteiger partial charge in [0.15, 0.2) is 0 Å². The van der Waals surface area contributed by atoms with Gasteiger partial charge in [-0.15, -0.1) is 11.8 Å². The van der Waals surface area contributed by atoms with E-state index in [0.717, 1.165) is 18.5 Å². The fourth-order valence-electron chi connectivity index (χ4n) is 2.71. The summed E-state index contributed by atoms with van der Waals surface area (Å²) in [5.41, 5.74) is 3.04. The number of esters is 1. The van der Waals surface area contributed by atoms with Crippen molar-refractivity contribution in [2.24, 2.45) is 0 Å². The summed E-state index contributed by atoms with van der Waals surface area (Å²) in [5.74, 6) is 0.863. The Morgan fingerprint density at radius 1 is 1.29 bits per heavy atom. The molecule has 0 unspecified atom stereocenters. The van der Waals surface area contributed by atoms with Crippen LogP contribution in [0.1, 0.15) is 48.0 Å². The lowest BCUT2D eigenvalue weighted by Crippen LogP contribution is -2.26. The average Bonchev–Trinajstić information content (AvgIpc) is 2.62. The molecule has 5 heteroatoms. The van der Waals surface area contributed by atoms with Crippen LogP contribution in [0.15, 0.2) is 35.9 Å². The van der Waals surface area contributed by atoms with Crippen molar-refractivity contribution in [3.8, 4) is 0 Å². The summed E-state index contributed by atoms with van der Waals surface area (Å²) in [7, 11) is 1.37. The molecular formula is C19H25NO3S. The predicted octanol–water partition coefficient (Wildman–Crippen LogP) is 3.71. The lowest BCUT2D eigenvalue weighted by atomic mass is 9.97. The molecule has 1 amide bonds. The topological polar surface area (TPSA) is 55.4 Å². The molecule has 1 aliphatic rings. The molecule has 0 bridgehead atoms. The summed E-state index contributed by atoms with van der Waals surface area (Å²) in [4.78, 5) is 23.4. The number of methoxy groups -OCH3 is 1. The maximum Gasteiger partial charge on any atom is 0.337 e. The van der Waals surface area contributed by atoms with Crippen LogP contribution in [0.5, 0.6) is 0 Å². The number of hydrogen-bond donors (Lipinski definition) is 1. The van der Waals surface area contributed by atoms with Crippen molar-refractivity contribution in [2.45, 2.75) is 37.9 Å². The van der Waals surface area contributed by atoms with Crippen molar-refractivity contribution >= 4 is 23.6 Å². The van der Waals surface area contributed by atoms with E-state index >= 15 is 0 Å². The summed E-state index contributed by atoms with van der Waals surface area (Å²) >= 11 is 1.55. The average molecular weight is 347 g/mol. The lowest BCUT2D eigenvalue weighted by molar-refractivity contribution is -0.118. The van der Waals surface area contributed by atoms with Gasteiger partial charge in [-0.3, -0.25) is 4.79 Å². The Balaban J connectivity index is 1.65. The third kappa shape index (κ3) is 6.40. The van der Waals surface area contributed by atoms with Gasteiger partial charge in [0.25, 0.3) is 0 Å². The molecule has 1 aromatic carbocycles. The summed E-state index contributed by atoms with van der Waals surface area (Å²) in [6.07, 6.45) is 8.23. The predicted molar refractivity (Wildman–Crippen MR) is 98.1 cm³/mol. The van der Waals surface area contributed by atoms with Crippen LogP contribution >= 0.6 is 11.8 Å². The Labute approximate surface area is 148 Å². The Hall–Kier alpha value is -1.75. The van der Waals surface area contributed by atoms with Crippen molar-refractivity contribution in [3.63, 3.8) is 0 Å². The highest BCUT2D eigenvalue weighted by Crippen LogP contribution is 2.19. The van der Waals surface area contributed by atoms with Crippen molar-refractivity contribution in [2.75, 3.05) is 19.4 Å². The lowest BCUT2D eigenvalue weighted by Gasteiger charge is -2.12. The molecule has 0 radical (unpaired) electrons. The zero-order valence-corrected chi connectivity index (χ0v) is 15.0. The van der Waals surface area contributed by atoms with Gasteiger partial charge in [-0.05, 0) is 49.8 Å². The van der Waals surface area contributed by atoms with E-state index in [-0.39, 0.29) is 11.9 Å². The molecule has 4 nitrogen and oxygen atoms in total. The number of hydrogen-bond acceptors (Lipinski definition) is 4. The SMILES string of the molecule is COC(=O)c1cccc(CSCC(=O)NCCC2=CCCCC2)c1. The number of thioether (sulfide) groups is 1. The van der Waals surface area contributed by atoms with E-state index in [1.54, 1.807) is 17.8 Å². The maximum absolute atomic E-state index is 11.9. The highest BCUT2D eigenvalue weighted by atomic mass is 32.2. The minimum absolute atomic E-state index is 0.0699. The normalized spacial score (nSPS) is 14.0. The van der Waals surface area contributed by atoms with E-state index in [0.29, 0.717) is 17.1 Å². The monoisotopic (exact) mass is 347 g/mol. The fourth-order valence-corrected chi connectivity index (χ4v) is 3.52. The molecule has 0 saturated carbocycles. The quantitative estimate of drug-likeness (QED) is 0.575. The number of amides is 1. The molecule has 24 heavy (non-hydrogen) atoms. The third-order valence-corrected chi connectivity index (χ3v) is 5.01. The van der Waals surface area contributed by atoms with Crippen LogP contribution in [0.4, 0.5) is 0 Å². The summed E-state index contributed by atoms with van der Waals surface area (Å²) < 4.78 is 4.71. The number of allylic oxidation sites excluding steroid dienone is 1. The van der Waals surface area contributed by atoms with Crippen molar-refractivity contribution in [1.29, 1.82) is 0 Å². The van der Waals surface area contributed by atoms with E-state index in [1.165, 1.54) is 38.4 Å². The molecule has 0 atom stereocenters. The molecule has 0 spiro atoms. The first-order valence-corrected chi connectivity index (χ1v) is 9.54. The zero-order valence-electron chi connectivity index (χ0n) is 14.2. The number of rotatable bonds is 8. The molecular weight excluding hydrogens is 322 g/mol. The fraction of sp³-hybridized carbons (Fsp3) is 0.474. The van der Waals surface area contributed by atoms with Crippen LogP contribution in [0.25, 0.3) is 0 Å². The van der Waals surface area contributed by atoms with Crippen LogP contribution in [0, 0.1) is 0 Å². The van der Waals surface area contributed by atoms with Gasteiger partial charge in [-0.1, -0.05) is 23.8 Å². The van der Waals surface area contributed by atoms with Gasteiger partial charge in [-0.25, -0.2) is 4.79 Å². The van der Waals surface area contributed by atoms with Gasteiger partial charge in [-0.2, -0.15) is 0 Å². The first-order valence-electron chi connectivity index (χ1n) is 8.38. The largest absolute Gasteiger partial charge is 0.465 e. The number of carbonyl (C=O) groups excluding carboxylic acids is 2. The standard InChI is InChI=1S/C19H25NO3S/c1-23-19(22)17-9-5-8-16(12-17)13-24-14-18(21)20-11-10-15-6-3-2-4-7-15/h5-6,8-9,12H,2-4,7,10-11,13-14H2,1H3,(H,20,21). The summed E-state index contributed by atoms with van der Waals surface area (Å²) in [5, 5.41) is 2.98. The number of benzene rings is 1. The van der Waals surface area contributed by atoms with Gasteiger partial charge in [0.05, 0.1) is 18.4 Å². The molecule has 0 fully saturated rings. The van der Waals surface area contributed by atoms with Crippen molar-refractivity contribution < 1.29 is 14.3 Å². The first-order chi connectivity index (χ1) is 11.7. The Bertz CT molecular complexity index is 598. The van der Waals surface area contributed by atoms with Crippen LogP contribution in [-0.2, 0) is 15.3 Å². The minimum atomic E-state index is -0.336. The van der Waals surface area contributed by atoms with Gasteiger partial charge in [0.2, 0.25) is 5.91 Å². The number of ether oxygens (including phenoxy) is 1. The third-order valence-electron chi connectivity index (χ3n) is 4.00. The minimum Gasteiger partial charge on any atom is -0.465 e. The van der Waals surface area contributed by atoms with Crippen LogP contribution in [-0.4, -0.2) is 31.3 Å². The Morgan fingerprint density at radius 3 is 2.92 bits per heavy atom. The van der Waals surface area contributed by atoms with Gasteiger partial charge >= 0.3 is 5.97 Å². The van der Waals surface area contributed by atoms with E-state index in [1.807, 2.05) is 18.2 Å². The van der Waals surface area contributed by atoms with E-state index in [4.69, 9.17) is 4.74 Å². The molecule has 0 heterocycles. The second-order valence-corrected chi connectivity index (χ2v) is 6.88. The molecule has 0 aliphatic heterocycles. The van der Waals surface area contributed by atoms with Crippen LogP contribution in [0.2, 0.25) is 0 Å². The smallest absolute Gasteiger partial charge is 0.337 e. The van der Waals surface area contributed by atoms with E-state index in [9.17, 15) is 9.59 Å². The van der Waals surface area contributed by atoms with Gasteiger partial charge in [0, 0.05) is 12.3 Å². The first kappa shape index (κ1) is 18.6. The van der Waals surface area contributed by atoms with Crippen LogP contribution in [0.3, 0.4) is 0 Å². The number of carbonyl (C=O) groups is 2. The highest BCUT2D eigenvalue weighted by Gasteiger charge is 2.07. The molecule has 0 saturated heterocycles. The summed E-state index contributed by atoms with van der Waals surface area (Å²) in [6.45, 7) is 0.725.